The monoisotopic (exact) mass is 1350 g/mol. The molecule has 4 fully saturated rings. The minimum Gasteiger partial charge on any atom is -0.478 e. The Morgan fingerprint density at radius 1 is 0.652 bits per heavy atom. The number of piperazine rings is 2. The lowest BCUT2D eigenvalue weighted by atomic mass is 9.95. The number of methoxy groups -OCH3 is 2. The van der Waals surface area contributed by atoms with Crippen molar-refractivity contribution in [1.29, 1.82) is 0 Å². The summed E-state index contributed by atoms with van der Waals surface area (Å²) in [5.41, 5.74) is 2.31. The minimum absolute atomic E-state index is 0.0427. The lowest BCUT2D eigenvalue weighted by molar-refractivity contribution is -0.137. The van der Waals surface area contributed by atoms with Gasteiger partial charge in [-0.05, 0) is 48.4 Å². The molecule has 92 heavy (non-hydrogen) atoms. The van der Waals surface area contributed by atoms with E-state index in [0.717, 1.165) is 17.4 Å². The lowest BCUT2D eigenvalue weighted by Crippen LogP contribution is -2.53. The van der Waals surface area contributed by atoms with Gasteiger partial charge in [0.25, 0.3) is 0 Å². The molecule has 3 aromatic heterocycles. The summed E-state index contributed by atoms with van der Waals surface area (Å²) >= 11 is 16.6. The Labute approximate surface area is 545 Å². The van der Waals surface area contributed by atoms with Crippen molar-refractivity contribution in [2.24, 2.45) is 9.98 Å². The number of esters is 2. The summed E-state index contributed by atoms with van der Waals surface area (Å²) in [6.45, 7) is 4.69. The van der Waals surface area contributed by atoms with E-state index in [1.165, 1.54) is 91.6 Å². The first-order valence-electron chi connectivity index (χ1n) is 28.1. The number of carboxylic acid groups (broad SMARTS) is 2. The number of benzene rings is 3. The fraction of sp³-hybridized carbons (Fsp3) is 0.295. The minimum atomic E-state index is -1.24. The van der Waals surface area contributed by atoms with Crippen molar-refractivity contribution in [3.8, 4) is 23.7 Å². The Kier molecular flexibility index (Phi) is 19.7. The fourth-order valence-electron chi connectivity index (χ4n) is 11.2. The molecule has 0 saturated carbocycles. The van der Waals surface area contributed by atoms with E-state index in [9.17, 15) is 41.9 Å². The molecule has 6 aliphatic heterocycles. The Balaban J connectivity index is 0.000000189. The van der Waals surface area contributed by atoms with E-state index in [0.29, 0.717) is 108 Å². The van der Waals surface area contributed by atoms with Crippen LogP contribution >= 0.6 is 57.2 Å². The molecule has 12 rings (SSSR count). The van der Waals surface area contributed by atoms with Gasteiger partial charge in [-0.2, -0.15) is 0 Å². The molecule has 0 bridgehead atoms. The van der Waals surface area contributed by atoms with E-state index in [-0.39, 0.29) is 81.0 Å². The zero-order valence-corrected chi connectivity index (χ0v) is 52.5. The van der Waals surface area contributed by atoms with E-state index < -0.39 is 53.4 Å². The van der Waals surface area contributed by atoms with Gasteiger partial charge in [-0.25, -0.2) is 56.9 Å². The Bertz CT molecular complexity index is 4190. The molecule has 3 aromatic carbocycles. The van der Waals surface area contributed by atoms with Crippen LogP contribution in [0.2, 0.25) is 10.0 Å². The predicted octanol–water partition coefficient (Wildman–Crippen LogP) is 6.85. The molecule has 4 atom stereocenters. The molecule has 0 spiro atoms. The lowest BCUT2D eigenvalue weighted by Gasteiger charge is -2.38. The number of aliphatic imine (C=N–C) groups is 2. The number of halogens is 5. The van der Waals surface area contributed by atoms with Crippen LogP contribution in [0.4, 0.5) is 22.8 Å². The van der Waals surface area contributed by atoms with Crippen molar-refractivity contribution >= 4 is 105 Å². The van der Waals surface area contributed by atoms with Crippen LogP contribution in [-0.4, -0.2) is 207 Å². The SMILES string of the molecule is COC(=O)C1=C(CN2CCN3C(=O)N(CC#Cc4ccc(C(=O)O)cc4F)C[C@@H]3C2)NC(c2nccs2)=N[C@H]1c1ccc(F)cc1Cl.COC(=O)C1=C(CN2CCN3C(=O)N(CC#Cc4ncc(C(=O)O)s4)C[C@@H]3C2)NC(c2nccs2)=N[C@H]1c1ccc(F)cc1Cl. The number of ether oxygens (including phenoxy) is 2. The second kappa shape index (κ2) is 28.1. The number of rotatable bonds is 14. The number of hydrogen-bond acceptors (Lipinski definition) is 20. The molecule has 6 aliphatic rings. The number of aromatic carboxylic acids is 2. The summed E-state index contributed by atoms with van der Waals surface area (Å²) in [6, 6.07) is 9.05. The number of hydrogen-bond donors (Lipinski definition) is 4. The van der Waals surface area contributed by atoms with Crippen LogP contribution < -0.4 is 10.6 Å². The van der Waals surface area contributed by atoms with Crippen molar-refractivity contribution in [1.82, 2.24) is 55.0 Å². The number of fused-ring (bicyclic) bond motifs is 2. The number of carboxylic acids is 2. The van der Waals surface area contributed by atoms with Gasteiger partial charge < -0.3 is 49.9 Å². The number of nitrogens with zero attached hydrogens (tertiary/aromatic N) is 11. The van der Waals surface area contributed by atoms with Gasteiger partial charge in [0.05, 0.1) is 67.9 Å². The van der Waals surface area contributed by atoms with Gasteiger partial charge in [0.1, 0.15) is 34.4 Å². The second-order valence-electron chi connectivity index (χ2n) is 21.2. The number of nitrogens with one attached hydrogen (secondary N) is 2. The Hall–Kier alpha value is -9.20. The molecule has 6 aromatic rings. The summed E-state index contributed by atoms with van der Waals surface area (Å²) in [5.74, 6) is 6.88. The summed E-state index contributed by atoms with van der Waals surface area (Å²) in [5, 5.41) is 30.1. The number of amidine groups is 2. The van der Waals surface area contributed by atoms with Gasteiger partial charge in [0, 0.05) is 121 Å². The van der Waals surface area contributed by atoms with E-state index in [4.69, 9.17) is 52.9 Å². The van der Waals surface area contributed by atoms with Crippen molar-refractivity contribution in [2.75, 3.05) is 92.8 Å². The molecule has 9 heterocycles. The van der Waals surface area contributed by atoms with E-state index in [2.05, 4.69) is 59.1 Å². The molecule has 0 radical (unpaired) electrons. The van der Waals surface area contributed by atoms with Crippen LogP contribution in [0.15, 0.2) is 116 Å². The third kappa shape index (κ3) is 14.1. The van der Waals surface area contributed by atoms with Gasteiger partial charge >= 0.3 is 35.9 Å². The average Bonchev–Trinajstić information content (AvgIpc) is 0.941. The average molecular weight is 1350 g/mol. The molecular weight excluding hydrogens is 1300 g/mol. The van der Waals surface area contributed by atoms with Crippen LogP contribution in [0.25, 0.3) is 0 Å². The van der Waals surface area contributed by atoms with Crippen molar-refractivity contribution in [3.63, 3.8) is 0 Å². The van der Waals surface area contributed by atoms with Gasteiger partial charge in [-0.3, -0.25) is 19.8 Å². The van der Waals surface area contributed by atoms with Gasteiger partial charge in [-0.15, -0.1) is 22.7 Å². The second-order valence-corrected chi connectivity index (χ2v) is 24.8. The Morgan fingerprint density at radius 3 is 1.58 bits per heavy atom. The first-order chi connectivity index (χ1) is 44.3. The quantitative estimate of drug-likeness (QED) is 0.0642. The maximum absolute atomic E-state index is 14.3. The third-order valence-electron chi connectivity index (χ3n) is 15.5. The molecule has 0 unspecified atom stereocenters. The number of carbonyl (C=O) groups is 6. The molecule has 4 saturated heterocycles. The van der Waals surface area contributed by atoms with Crippen LogP contribution in [0.1, 0.15) is 63.8 Å². The Morgan fingerprint density at radius 2 is 1.15 bits per heavy atom. The van der Waals surface area contributed by atoms with E-state index in [1.807, 2.05) is 10.3 Å². The normalized spacial score (nSPS) is 19.7. The summed E-state index contributed by atoms with van der Waals surface area (Å²) in [4.78, 5) is 108. The highest BCUT2D eigenvalue weighted by molar-refractivity contribution is 7.14. The molecule has 31 heteroatoms. The van der Waals surface area contributed by atoms with Crippen LogP contribution in [0.5, 0.6) is 0 Å². The number of amides is 4. The number of thiazole rings is 3. The fourth-order valence-corrected chi connectivity index (χ4v) is 13.6. The summed E-state index contributed by atoms with van der Waals surface area (Å²) in [6.07, 6.45) is 4.55. The highest BCUT2D eigenvalue weighted by Gasteiger charge is 2.44. The zero-order valence-electron chi connectivity index (χ0n) is 48.6. The van der Waals surface area contributed by atoms with Crippen molar-refractivity contribution < 1.29 is 61.6 Å². The highest BCUT2D eigenvalue weighted by atomic mass is 35.5. The summed E-state index contributed by atoms with van der Waals surface area (Å²) in [7, 11) is 2.56. The van der Waals surface area contributed by atoms with Crippen LogP contribution in [0.3, 0.4) is 0 Å². The van der Waals surface area contributed by atoms with Crippen molar-refractivity contribution in [2.45, 2.75) is 24.2 Å². The first kappa shape index (κ1) is 64.3. The van der Waals surface area contributed by atoms with Crippen molar-refractivity contribution in [3.05, 3.63) is 176 Å². The molecule has 0 aliphatic carbocycles. The molecule has 23 nitrogen and oxygen atoms in total. The van der Waals surface area contributed by atoms with E-state index >= 15 is 0 Å². The highest BCUT2D eigenvalue weighted by Crippen LogP contribution is 2.39. The maximum atomic E-state index is 14.3. The third-order valence-corrected chi connectivity index (χ3v) is 18.6. The predicted molar refractivity (Wildman–Crippen MR) is 334 cm³/mol. The molecule has 474 valence electrons. The molecule has 4 N–H and O–H groups in total. The van der Waals surface area contributed by atoms with Gasteiger partial charge in [-0.1, -0.05) is 64.4 Å². The van der Waals surface area contributed by atoms with Gasteiger partial charge in [0.2, 0.25) is 0 Å². The van der Waals surface area contributed by atoms with Crippen LogP contribution in [-0.2, 0) is 19.1 Å². The topological polar surface area (TPSA) is 268 Å². The maximum Gasteiger partial charge on any atom is 0.347 e. The number of aromatic nitrogens is 3. The zero-order chi connectivity index (χ0) is 64.9. The number of carbonyl (C=O) groups excluding carboxylic acids is 4. The molecule has 4 amide bonds. The largest absolute Gasteiger partial charge is 0.478 e. The summed E-state index contributed by atoms with van der Waals surface area (Å²) < 4.78 is 52.5. The van der Waals surface area contributed by atoms with E-state index in [1.54, 1.807) is 32.5 Å². The smallest absolute Gasteiger partial charge is 0.347 e. The number of urea groups is 2. The van der Waals surface area contributed by atoms with Gasteiger partial charge in [0.15, 0.2) is 26.7 Å². The van der Waals surface area contributed by atoms with Crippen LogP contribution in [0, 0.1) is 41.1 Å². The molecular formula is C61H52Cl2F3N13O10S3. The first-order valence-corrected chi connectivity index (χ1v) is 31.4. The standard InChI is InChI=1S/C32H27ClF2N6O5S.C29H25ClFN7O5S2/c1-46-31(44)26-25(37-28(29-36-8-12-47-29)38-27(26)22-7-6-20(34)14-23(22)33)17-39-10-11-41-21(15-39)16-40(32(41)45)9-2-3-18-4-5-19(30(42)43)13-24(18)35;1-43-28(41)23-20(34-25(26-32-6-10-44-26)35-24(23)18-5-4-16(31)11-19(18)30)15-36-8-9-38-17(13-36)14-37(29(38)42)7-2-3-22-33-12-21(45-22)27(39)40/h4-8,12-14,21,27H,9-11,15-17H2,1H3,(H,37,38)(H,42,43);4-6,10-12,17,24H,7-9,13-15H2,1H3,(H,34,35)(H,39,40)/t21-,27-;17-,24-/m00/s1.